The van der Waals surface area contributed by atoms with Crippen LogP contribution in [-0.4, -0.2) is 55.5 Å². The van der Waals surface area contributed by atoms with Gasteiger partial charge in [0.05, 0.1) is 5.60 Å². The van der Waals surface area contributed by atoms with Gasteiger partial charge in [-0.1, -0.05) is 0 Å². The maximum atomic E-state index is 6.14. The highest BCUT2D eigenvalue weighted by atomic mass is 16.5. The van der Waals surface area contributed by atoms with E-state index in [1.54, 1.807) is 0 Å². The highest BCUT2D eigenvalue weighted by molar-refractivity contribution is 5.00. The average molecular weight is 256 g/mol. The molecule has 18 heavy (non-hydrogen) atoms. The van der Waals surface area contributed by atoms with Gasteiger partial charge in [-0.15, -0.1) is 0 Å². The van der Waals surface area contributed by atoms with Gasteiger partial charge in [0.25, 0.3) is 0 Å². The molecule has 2 rings (SSSR count). The van der Waals surface area contributed by atoms with Gasteiger partial charge in [-0.3, -0.25) is 4.90 Å². The first-order valence-corrected chi connectivity index (χ1v) is 7.14. The number of hydrogen-bond acceptors (Lipinski definition) is 4. The van der Waals surface area contributed by atoms with Crippen LogP contribution in [0.4, 0.5) is 0 Å². The Kier molecular flexibility index (Phi) is 4.32. The normalized spacial score (nSPS) is 33.8. The standard InChI is InChI=1S/C14H28N2O2/c1-13(2)10-14(11-15,6-9-18-13)16(3)12-4-7-17-8-5-12/h12H,4-11,15H2,1-3H3. The molecule has 1 atom stereocenters. The zero-order valence-electron chi connectivity index (χ0n) is 12.1. The monoisotopic (exact) mass is 256 g/mol. The van der Waals surface area contributed by atoms with Crippen LogP contribution in [0.3, 0.4) is 0 Å². The molecule has 2 saturated heterocycles. The largest absolute Gasteiger partial charge is 0.381 e. The van der Waals surface area contributed by atoms with E-state index < -0.39 is 0 Å². The van der Waals surface area contributed by atoms with Crippen molar-refractivity contribution >= 4 is 0 Å². The fourth-order valence-corrected chi connectivity index (χ4v) is 3.53. The molecule has 106 valence electrons. The maximum absolute atomic E-state index is 6.14. The van der Waals surface area contributed by atoms with Crippen LogP contribution in [0.15, 0.2) is 0 Å². The van der Waals surface area contributed by atoms with Crippen LogP contribution >= 0.6 is 0 Å². The molecule has 2 aliphatic heterocycles. The first kappa shape index (κ1) is 14.3. The highest BCUT2D eigenvalue weighted by Gasteiger charge is 2.44. The van der Waals surface area contributed by atoms with Gasteiger partial charge in [-0.05, 0) is 46.6 Å². The van der Waals surface area contributed by atoms with Gasteiger partial charge in [-0.25, -0.2) is 0 Å². The molecule has 1 unspecified atom stereocenters. The number of nitrogens with two attached hydrogens (primary N) is 1. The van der Waals surface area contributed by atoms with Crippen LogP contribution in [0.5, 0.6) is 0 Å². The summed E-state index contributed by atoms with van der Waals surface area (Å²) in [5.41, 5.74) is 6.18. The van der Waals surface area contributed by atoms with Crippen molar-refractivity contribution in [1.29, 1.82) is 0 Å². The Hall–Kier alpha value is -0.160. The molecule has 0 aromatic heterocycles. The second-order valence-electron chi connectivity index (χ2n) is 6.42. The average Bonchev–Trinajstić information content (AvgIpc) is 2.37. The minimum absolute atomic E-state index is 0.0585. The van der Waals surface area contributed by atoms with E-state index in [1.165, 1.54) is 0 Å². The molecule has 0 bridgehead atoms. The molecular formula is C14H28N2O2. The first-order chi connectivity index (χ1) is 8.49. The summed E-state index contributed by atoms with van der Waals surface area (Å²) in [6, 6.07) is 0.608. The van der Waals surface area contributed by atoms with E-state index in [9.17, 15) is 0 Å². The zero-order chi connectivity index (χ0) is 13.2. The molecule has 2 fully saturated rings. The van der Waals surface area contributed by atoms with Crippen molar-refractivity contribution in [2.75, 3.05) is 33.4 Å². The molecular weight excluding hydrogens is 228 g/mol. The molecule has 0 aliphatic carbocycles. The lowest BCUT2D eigenvalue weighted by atomic mass is 9.79. The Morgan fingerprint density at radius 2 is 1.89 bits per heavy atom. The molecule has 0 aromatic rings. The van der Waals surface area contributed by atoms with Crippen molar-refractivity contribution in [1.82, 2.24) is 4.90 Å². The summed E-state index contributed by atoms with van der Waals surface area (Å²) in [6.07, 6.45) is 4.31. The molecule has 0 saturated carbocycles. The molecule has 0 radical (unpaired) electrons. The Morgan fingerprint density at radius 3 is 2.44 bits per heavy atom. The Bertz CT molecular complexity index is 277. The zero-order valence-corrected chi connectivity index (χ0v) is 12.1. The Morgan fingerprint density at radius 1 is 1.22 bits per heavy atom. The molecule has 2 N–H and O–H groups in total. The van der Waals surface area contributed by atoms with E-state index >= 15 is 0 Å². The maximum Gasteiger partial charge on any atom is 0.0644 e. The predicted octanol–water partition coefficient (Wildman–Crippen LogP) is 1.38. The van der Waals surface area contributed by atoms with Crippen LogP contribution in [-0.2, 0) is 9.47 Å². The van der Waals surface area contributed by atoms with Gasteiger partial charge in [0.2, 0.25) is 0 Å². The smallest absolute Gasteiger partial charge is 0.0644 e. The van der Waals surface area contributed by atoms with Crippen molar-refractivity contribution in [3.8, 4) is 0 Å². The minimum atomic E-state index is -0.0585. The van der Waals surface area contributed by atoms with Gasteiger partial charge in [-0.2, -0.15) is 0 Å². The van der Waals surface area contributed by atoms with E-state index in [1.807, 2.05) is 0 Å². The Labute approximate surface area is 111 Å². The van der Waals surface area contributed by atoms with Crippen molar-refractivity contribution in [2.24, 2.45) is 5.73 Å². The van der Waals surface area contributed by atoms with Crippen molar-refractivity contribution in [2.45, 2.75) is 56.7 Å². The second-order valence-corrected chi connectivity index (χ2v) is 6.42. The molecule has 0 aromatic carbocycles. The summed E-state index contributed by atoms with van der Waals surface area (Å²) < 4.78 is 11.3. The van der Waals surface area contributed by atoms with Crippen LogP contribution < -0.4 is 5.73 Å². The number of rotatable bonds is 3. The number of likely N-dealkylation sites (N-methyl/N-ethyl adjacent to an activating group) is 1. The molecule has 4 heteroatoms. The van der Waals surface area contributed by atoms with Gasteiger partial charge in [0.1, 0.15) is 0 Å². The number of nitrogens with zero attached hydrogens (tertiary/aromatic N) is 1. The van der Waals surface area contributed by atoms with E-state index in [2.05, 4.69) is 25.8 Å². The van der Waals surface area contributed by atoms with Crippen molar-refractivity contribution in [3.63, 3.8) is 0 Å². The fourth-order valence-electron chi connectivity index (χ4n) is 3.53. The van der Waals surface area contributed by atoms with Gasteiger partial charge >= 0.3 is 0 Å². The molecule has 4 nitrogen and oxygen atoms in total. The third kappa shape index (κ3) is 2.87. The lowest BCUT2D eigenvalue weighted by molar-refractivity contribution is -0.127. The third-order valence-corrected chi connectivity index (χ3v) is 4.68. The van der Waals surface area contributed by atoms with E-state index in [4.69, 9.17) is 15.2 Å². The van der Waals surface area contributed by atoms with Gasteiger partial charge in [0, 0.05) is 37.9 Å². The minimum Gasteiger partial charge on any atom is -0.381 e. The molecule has 2 aliphatic rings. The van der Waals surface area contributed by atoms with Crippen LogP contribution in [0.1, 0.15) is 39.5 Å². The summed E-state index contributed by atoms with van der Waals surface area (Å²) in [6.45, 7) is 7.65. The molecule has 0 amide bonds. The van der Waals surface area contributed by atoms with Crippen molar-refractivity contribution in [3.05, 3.63) is 0 Å². The van der Waals surface area contributed by atoms with E-state index in [0.29, 0.717) is 12.6 Å². The number of hydrogen-bond donors (Lipinski definition) is 1. The Balaban J connectivity index is 2.10. The highest BCUT2D eigenvalue weighted by Crippen LogP contribution is 2.37. The van der Waals surface area contributed by atoms with E-state index in [-0.39, 0.29) is 11.1 Å². The summed E-state index contributed by atoms with van der Waals surface area (Å²) in [5.74, 6) is 0. The van der Waals surface area contributed by atoms with Crippen LogP contribution in [0, 0.1) is 0 Å². The van der Waals surface area contributed by atoms with Gasteiger partial charge < -0.3 is 15.2 Å². The summed E-state index contributed by atoms with van der Waals surface area (Å²) in [5, 5.41) is 0. The van der Waals surface area contributed by atoms with Crippen molar-refractivity contribution < 1.29 is 9.47 Å². The summed E-state index contributed by atoms with van der Waals surface area (Å²) >= 11 is 0. The topological polar surface area (TPSA) is 47.7 Å². The second kappa shape index (κ2) is 5.45. The SMILES string of the molecule is CN(C1CCOCC1)C1(CN)CCOC(C)(C)C1. The molecule has 0 spiro atoms. The quantitative estimate of drug-likeness (QED) is 0.829. The lowest BCUT2D eigenvalue weighted by Crippen LogP contribution is -2.62. The fraction of sp³-hybridized carbons (Fsp3) is 1.00. The summed E-state index contributed by atoms with van der Waals surface area (Å²) in [7, 11) is 2.24. The molecule has 2 heterocycles. The van der Waals surface area contributed by atoms with Crippen LogP contribution in [0.25, 0.3) is 0 Å². The predicted molar refractivity (Wildman–Crippen MR) is 72.7 cm³/mol. The summed E-state index contributed by atoms with van der Waals surface area (Å²) in [4.78, 5) is 2.53. The lowest BCUT2D eigenvalue weighted by Gasteiger charge is -2.52. The number of ether oxygens (including phenoxy) is 2. The third-order valence-electron chi connectivity index (χ3n) is 4.68. The van der Waals surface area contributed by atoms with E-state index in [0.717, 1.165) is 45.5 Å². The van der Waals surface area contributed by atoms with Crippen LogP contribution in [0.2, 0.25) is 0 Å². The van der Waals surface area contributed by atoms with Gasteiger partial charge in [0.15, 0.2) is 0 Å². The first-order valence-electron chi connectivity index (χ1n) is 7.14.